The number of nitrogens with one attached hydrogen (secondary N) is 2. The number of carbonyl (C=O) groups is 1. The third-order valence-corrected chi connectivity index (χ3v) is 6.44. The van der Waals surface area contributed by atoms with Crippen molar-refractivity contribution in [3.8, 4) is 0 Å². The summed E-state index contributed by atoms with van der Waals surface area (Å²) in [6.07, 6.45) is 0.0187. The quantitative estimate of drug-likeness (QED) is 0.608. The standard InChI is InChI=1S/C17H14Cl2F2N2O4S/c18-12-2-1-8(3-15(12)28(26,27)23-10-4-11(24)5-10)17(25)22-9-6-13(19)16(21)14(20)7-9/h1-3,6-7,10-11,23-24H,4-5H2,(H,22,25). The Kier molecular flexibility index (Phi) is 5.92. The molecular formula is C17H14Cl2F2N2O4S. The Morgan fingerprint density at radius 1 is 1.11 bits per heavy atom. The number of benzene rings is 2. The minimum absolute atomic E-state index is 0.0701. The molecule has 0 bridgehead atoms. The maximum absolute atomic E-state index is 13.4. The molecule has 11 heteroatoms. The fourth-order valence-corrected chi connectivity index (χ4v) is 4.64. The van der Waals surface area contributed by atoms with Gasteiger partial charge in [-0.2, -0.15) is 0 Å². The van der Waals surface area contributed by atoms with E-state index < -0.39 is 44.7 Å². The van der Waals surface area contributed by atoms with Gasteiger partial charge >= 0.3 is 0 Å². The highest BCUT2D eigenvalue weighted by Gasteiger charge is 2.32. The van der Waals surface area contributed by atoms with E-state index in [1.54, 1.807) is 0 Å². The van der Waals surface area contributed by atoms with Crippen molar-refractivity contribution in [2.75, 3.05) is 5.32 Å². The lowest BCUT2D eigenvalue weighted by molar-refractivity contribution is 0.0712. The van der Waals surface area contributed by atoms with E-state index in [1.807, 2.05) is 0 Å². The minimum Gasteiger partial charge on any atom is -0.393 e. The summed E-state index contributed by atoms with van der Waals surface area (Å²) in [6, 6.07) is 4.93. The molecule has 3 rings (SSSR count). The number of anilines is 1. The Balaban J connectivity index is 1.83. The molecule has 6 nitrogen and oxygen atoms in total. The van der Waals surface area contributed by atoms with Gasteiger partial charge in [0.25, 0.3) is 5.91 Å². The average molecular weight is 451 g/mol. The van der Waals surface area contributed by atoms with Crippen LogP contribution in [0.15, 0.2) is 35.2 Å². The summed E-state index contributed by atoms with van der Waals surface area (Å²) in [6.45, 7) is 0. The van der Waals surface area contributed by atoms with Gasteiger partial charge in [-0.3, -0.25) is 4.79 Å². The molecule has 1 saturated carbocycles. The summed E-state index contributed by atoms with van der Waals surface area (Å²) < 4.78 is 54.1. The van der Waals surface area contributed by atoms with Crippen LogP contribution < -0.4 is 10.0 Å². The van der Waals surface area contributed by atoms with Crippen LogP contribution in [0.2, 0.25) is 10.0 Å². The molecule has 1 fully saturated rings. The number of aliphatic hydroxyl groups excluding tert-OH is 1. The highest BCUT2D eigenvalue weighted by molar-refractivity contribution is 7.89. The highest BCUT2D eigenvalue weighted by atomic mass is 35.5. The maximum Gasteiger partial charge on any atom is 0.255 e. The van der Waals surface area contributed by atoms with Gasteiger partial charge in [-0.05, 0) is 37.1 Å². The molecule has 0 spiro atoms. The minimum atomic E-state index is -4.03. The number of hydrogen-bond acceptors (Lipinski definition) is 4. The Labute approximate surface area is 169 Å². The first-order valence-electron chi connectivity index (χ1n) is 8.02. The molecule has 0 atom stereocenters. The van der Waals surface area contributed by atoms with Crippen LogP contribution in [0, 0.1) is 11.6 Å². The molecule has 0 aromatic heterocycles. The second-order valence-electron chi connectivity index (χ2n) is 6.30. The molecule has 1 amide bonds. The predicted molar refractivity (Wildman–Crippen MR) is 100 cm³/mol. The van der Waals surface area contributed by atoms with Crippen molar-refractivity contribution in [1.29, 1.82) is 0 Å². The van der Waals surface area contributed by atoms with Gasteiger partial charge in [0.2, 0.25) is 10.0 Å². The van der Waals surface area contributed by atoms with Gasteiger partial charge in [0.1, 0.15) is 4.90 Å². The van der Waals surface area contributed by atoms with Crippen molar-refractivity contribution in [2.45, 2.75) is 29.9 Å². The van der Waals surface area contributed by atoms with Crippen LogP contribution in [0.1, 0.15) is 23.2 Å². The Morgan fingerprint density at radius 2 is 1.79 bits per heavy atom. The monoisotopic (exact) mass is 450 g/mol. The molecule has 0 heterocycles. The van der Waals surface area contributed by atoms with E-state index in [4.69, 9.17) is 23.2 Å². The Hall–Kier alpha value is -1.78. The molecule has 3 N–H and O–H groups in total. The molecule has 2 aromatic rings. The molecule has 0 saturated heterocycles. The summed E-state index contributed by atoms with van der Waals surface area (Å²) in [5, 5.41) is 11.0. The van der Waals surface area contributed by atoms with Crippen LogP contribution in [0.3, 0.4) is 0 Å². The zero-order valence-corrected chi connectivity index (χ0v) is 16.4. The van der Waals surface area contributed by atoms with Crippen molar-refractivity contribution >= 4 is 44.8 Å². The first-order chi connectivity index (χ1) is 13.1. The fraction of sp³-hybridized carbons (Fsp3) is 0.235. The molecular weight excluding hydrogens is 437 g/mol. The van der Waals surface area contributed by atoms with E-state index in [1.165, 1.54) is 12.1 Å². The van der Waals surface area contributed by atoms with Crippen molar-refractivity contribution < 1.29 is 27.1 Å². The Bertz CT molecular complexity index is 1020. The summed E-state index contributed by atoms with van der Waals surface area (Å²) >= 11 is 11.5. The highest BCUT2D eigenvalue weighted by Crippen LogP contribution is 2.27. The van der Waals surface area contributed by atoms with Crippen molar-refractivity contribution in [2.24, 2.45) is 0 Å². The summed E-state index contributed by atoms with van der Waals surface area (Å²) in [5.41, 5.74) is -0.172. The van der Waals surface area contributed by atoms with E-state index in [-0.39, 0.29) is 34.0 Å². The number of carbonyl (C=O) groups excluding carboxylic acids is 1. The summed E-state index contributed by atoms with van der Waals surface area (Å²) in [7, 11) is -4.03. The van der Waals surface area contributed by atoms with Crippen LogP contribution in [-0.4, -0.2) is 31.6 Å². The maximum atomic E-state index is 13.4. The van der Waals surface area contributed by atoms with Gasteiger partial charge < -0.3 is 10.4 Å². The zero-order chi connectivity index (χ0) is 20.6. The lowest BCUT2D eigenvalue weighted by Crippen LogP contribution is -2.46. The van der Waals surface area contributed by atoms with Gasteiger partial charge in [-0.15, -0.1) is 0 Å². The average Bonchev–Trinajstić information content (AvgIpc) is 2.58. The van der Waals surface area contributed by atoms with Gasteiger partial charge in [0.15, 0.2) is 11.6 Å². The van der Waals surface area contributed by atoms with Crippen molar-refractivity contribution in [3.05, 3.63) is 57.6 Å². The van der Waals surface area contributed by atoms with E-state index in [0.29, 0.717) is 0 Å². The van der Waals surface area contributed by atoms with E-state index >= 15 is 0 Å². The number of amides is 1. The number of sulfonamides is 1. The molecule has 0 unspecified atom stereocenters. The molecule has 150 valence electrons. The number of aliphatic hydroxyl groups is 1. The van der Waals surface area contributed by atoms with Crippen LogP contribution in [0.25, 0.3) is 0 Å². The van der Waals surface area contributed by atoms with E-state index in [9.17, 15) is 27.1 Å². The predicted octanol–water partition coefficient (Wildman–Crippen LogP) is 3.33. The van der Waals surface area contributed by atoms with Crippen LogP contribution in [-0.2, 0) is 10.0 Å². The third-order valence-electron chi connectivity index (χ3n) is 4.16. The van der Waals surface area contributed by atoms with Gasteiger partial charge in [0, 0.05) is 23.4 Å². The first-order valence-corrected chi connectivity index (χ1v) is 10.3. The number of rotatable bonds is 5. The molecule has 0 radical (unpaired) electrons. The molecule has 28 heavy (non-hydrogen) atoms. The summed E-state index contributed by atoms with van der Waals surface area (Å²) in [4.78, 5) is 12.1. The van der Waals surface area contributed by atoms with Gasteiger partial charge in [0.05, 0.1) is 16.1 Å². The summed E-state index contributed by atoms with van der Waals surface area (Å²) in [5.74, 6) is -3.25. The Morgan fingerprint density at radius 3 is 2.39 bits per heavy atom. The molecule has 0 aliphatic heterocycles. The topological polar surface area (TPSA) is 95.5 Å². The normalized spacial score (nSPS) is 19.2. The second-order valence-corrected chi connectivity index (χ2v) is 8.79. The lowest BCUT2D eigenvalue weighted by Gasteiger charge is -2.31. The lowest BCUT2D eigenvalue weighted by atomic mass is 9.91. The van der Waals surface area contributed by atoms with Gasteiger partial charge in [-0.25, -0.2) is 21.9 Å². The number of halogens is 4. The molecule has 1 aliphatic rings. The smallest absolute Gasteiger partial charge is 0.255 e. The SMILES string of the molecule is O=C(Nc1cc(F)c(F)c(Cl)c1)c1ccc(Cl)c(S(=O)(=O)NC2CC(O)C2)c1. The van der Waals surface area contributed by atoms with Crippen molar-refractivity contribution in [1.82, 2.24) is 4.72 Å². The van der Waals surface area contributed by atoms with Crippen LogP contribution >= 0.6 is 23.2 Å². The fourth-order valence-electron chi connectivity index (χ4n) is 2.65. The van der Waals surface area contributed by atoms with Gasteiger partial charge in [-0.1, -0.05) is 23.2 Å². The van der Waals surface area contributed by atoms with Crippen LogP contribution in [0.4, 0.5) is 14.5 Å². The zero-order valence-electron chi connectivity index (χ0n) is 14.0. The van der Waals surface area contributed by atoms with Crippen LogP contribution in [0.5, 0.6) is 0 Å². The molecule has 2 aromatic carbocycles. The second kappa shape index (κ2) is 7.92. The molecule has 1 aliphatic carbocycles. The third kappa shape index (κ3) is 4.44. The first kappa shape index (κ1) is 20.9. The number of hydrogen-bond donors (Lipinski definition) is 3. The largest absolute Gasteiger partial charge is 0.393 e. The van der Waals surface area contributed by atoms with E-state index in [0.717, 1.165) is 18.2 Å². The van der Waals surface area contributed by atoms with E-state index in [2.05, 4.69) is 10.0 Å². The van der Waals surface area contributed by atoms with Crippen molar-refractivity contribution in [3.63, 3.8) is 0 Å².